The van der Waals surface area contributed by atoms with Crippen LogP contribution in [-0.2, 0) is 4.43 Å². The summed E-state index contributed by atoms with van der Waals surface area (Å²) in [5.41, 5.74) is 2.68. The second-order valence-corrected chi connectivity index (χ2v) is 10.7. The van der Waals surface area contributed by atoms with Crippen LogP contribution in [0.15, 0.2) is 42.0 Å². The average molecular weight is 282 g/mol. The van der Waals surface area contributed by atoms with Gasteiger partial charge in [-0.3, -0.25) is 4.79 Å². The Morgan fingerprint density at radius 3 is 2.45 bits per heavy atom. The van der Waals surface area contributed by atoms with Crippen LogP contribution in [-0.4, -0.2) is 20.7 Å². The van der Waals surface area contributed by atoms with E-state index in [1.54, 1.807) is 0 Å². The highest BCUT2D eigenvalue weighted by molar-refractivity contribution is 6.69. The number of hydrogen-bond donors (Lipinski definition) is 0. The van der Waals surface area contributed by atoms with Crippen molar-refractivity contribution in [1.29, 1.82) is 0 Å². The van der Waals surface area contributed by atoms with Crippen molar-refractivity contribution in [3.8, 4) is 0 Å². The first kappa shape index (κ1) is 13.3. The van der Waals surface area contributed by atoms with Gasteiger partial charge in [0.05, 0.1) is 6.61 Å². The van der Waals surface area contributed by atoms with Crippen LogP contribution >= 0.6 is 0 Å². The quantitative estimate of drug-likeness (QED) is 0.786. The van der Waals surface area contributed by atoms with E-state index in [0.29, 0.717) is 6.61 Å². The van der Waals surface area contributed by atoms with Crippen molar-refractivity contribution >= 4 is 30.9 Å². The molecule has 0 saturated heterocycles. The Morgan fingerprint density at radius 2 is 1.75 bits per heavy atom. The van der Waals surface area contributed by atoms with Gasteiger partial charge in [0.1, 0.15) is 0 Å². The van der Waals surface area contributed by atoms with Gasteiger partial charge in [-0.05, 0) is 36.7 Å². The molecule has 0 aliphatic heterocycles. The van der Waals surface area contributed by atoms with E-state index in [4.69, 9.17) is 4.43 Å². The SMILES string of the molecule is C[Si](C)(C)OCC1=Cc2cccc3cccc(c23)C1=O. The van der Waals surface area contributed by atoms with E-state index < -0.39 is 8.32 Å². The van der Waals surface area contributed by atoms with Crippen LogP contribution in [0.5, 0.6) is 0 Å². The Kier molecular flexibility index (Phi) is 3.11. The molecule has 20 heavy (non-hydrogen) atoms. The predicted octanol–water partition coefficient (Wildman–Crippen LogP) is 4.27. The lowest BCUT2D eigenvalue weighted by Gasteiger charge is -2.21. The molecule has 1 aliphatic carbocycles. The van der Waals surface area contributed by atoms with Crippen LogP contribution in [0, 0.1) is 0 Å². The minimum atomic E-state index is -1.62. The predicted molar refractivity (Wildman–Crippen MR) is 85.6 cm³/mol. The first-order valence-electron chi connectivity index (χ1n) is 6.87. The Balaban J connectivity index is 2.06. The van der Waals surface area contributed by atoms with Crippen molar-refractivity contribution in [2.45, 2.75) is 19.6 Å². The summed E-state index contributed by atoms with van der Waals surface area (Å²) in [4.78, 5) is 12.6. The zero-order valence-corrected chi connectivity index (χ0v) is 13.1. The third kappa shape index (κ3) is 2.35. The molecule has 0 fully saturated rings. The molecule has 102 valence electrons. The fourth-order valence-electron chi connectivity index (χ4n) is 2.51. The van der Waals surface area contributed by atoms with Gasteiger partial charge < -0.3 is 4.43 Å². The number of Topliss-reactive ketones (excluding diaryl/α,β-unsaturated/α-hetero) is 1. The summed E-state index contributed by atoms with van der Waals surface area (Å²) >= 11 is 0. The molecule has 2 aromatic rings. The van der Waals surface area contributed by atoms with E-state index in [0.717, 1.165) is 27.5 Å². The lowest BCUT2D eigenvalue weighted by molar-refractivity contribution is 0.102. The topological polar surface area (TPSA) is 26.3 Å². The maximum Gasteiger partial charge on any atom is 0.191 e. The summed E-state index contributed by atoms with van der Waals surface area (Å²) in [7, 11) is -1.62. The van der Waals surface area contributed by atoms with Gasteiger partial charge in [0, 0.05) is 16.5 Å². The number of rotatable bonds is 3. The van der Waals surface area contributed by atoms with Gasteiger partial charge in [0.2, 0.25) is 0 Å². The number of carbonyl (C=O) groups excluding carboxylic acids is 1. The summed E-state index contributed by atoms with van der Waals surface area (Å²) < 4.78 is 5.90. The van der Waals surface area contributed by atoms with Crippen LogP contribution < -0.4 is 0 Å². The van der Waals surface area contributed by atoms with Crippen LogP contribution in [0.2, 0.25) is 19.6 Å². The van der Waals surface area contributed by atoms with Gasteiger partial charge in [-0.25, -0.2) is 0 Å². The molecule has 3 heteroatoms. The molecule has 0 atom stereocenters. The fourth-order valence-corrected chi connectivity index (χ4v) is 3.10. The van der Waals surface area contributed by atoms with Crippen molar-refractivity contribution in [3.63, 3.8) is 0 Å². The molecule has 0 saturated carbocycles. The molecule has 1 aliphatic rings. The minimum absolute atomic E-state index is 0.104. The first-order chi connectivity index (χ1) is 9.46. The molecule has 2 aromatic carbocycles. The van der Waals surface area contributed by atoms with Crippen LogP contribution in [0.4, 0.5) is 0 Å². The van der Waals surface area contributed by atoms with Crippen LogP contribution in [0.25, 0.3) is 16.8 Å². The zero-order chi connectivity index (χ0) is 14.3. The molecule has 0 unspecified atom stereocenters. The number of carbonyl (C=O) groups is 1. The summed E-state index contributed by atoms with van der Waals surface area (Å²) in [6.07, 6.45) is 1.98. The van der Waals surface area contributed by atoms with Crippen LogP contribution in [0.3, 0.4) is 0 Å². The zero-order valence-electron chi connectivity index (χ0n) is 12.1. The van der Waals surface area contributed by atoms with Gasteiger partial charge in [-0.15, -0.1) is 0 Å². The Morgan fingerprint density at radius 1 is 1.05 bits per heavy atom. The molecule has 2 nitrogen and oxygen atoms in total. The molecule has 0 aromatic heterocycles. The van der Waals surface area contributed by atoms with Crippen molar-refractivity contribution in [2.24, 2.45) is 0 Å². The highest BCUT2D eigenvalue weighted by Crippen LogP contribution is 2.31. The monoisotopic (exact) mass is 282 g/mol. The highest BCUT2D eigenvalue weighted by atomic mass is 28.4. The minimum Gasteiger partial charge on any atom is -0.413 e. The lowest BCUT2D eigenvalue weighted by atomic mass is 9.88. The van der Waals surface area contributed by atoms with Crippen molar-refractivity contribution in [1.82, 2.24) is 0 Å². The van der Waals surface area contributed by atoms with Crippen LogP contribution in [0.1, 0.15) is 15.9 Å². The smallest absolute Gasteiger partial charge is 0.191 e. The van der Waals surface area contributed by atoms with E-state index in [1.165, 1.54) is 0 Å². The van der Waals surface area contributed by atoms with E-state index in [1.807, 2.05) is 36.4 Å². The van der Waals surface area contributed by atoms with E-state index in [9.17, 15) is 4.79 Å². The fraction of sp³-hybridized carbons (Fsp3) is 0.235. The summed E-state index contributed by atoms with van der Waals surface area (Å²) in [5, 5.41) is 2.19. The Hall–Kier alpha value is -1.71. The second kappa shape index (κ2) is 4.68. The van der Waals surface area contributed by atoms with Crippen molar-refractivity contribution < 1.29 is 9.22 Å². The Bertz CT molecular complexity index is 718. The average Bonchev–Trinajstić information content (AvgIpc) is 2.40. The molecule has 0 radical (unpaired) electrons. The largest absolute Gasteiger partial charge is 0.413 e. The van der Waals surface area contributed by atoms with E-state index >= 15 is 0 Å². The molecule has 0 bridgehead atoms. The highest BCUT2D eigenvalue weighted by Gasteiger charge is 2.23. The molecule has 0 heterocycles. The molecule has 0 amide bonds. The molecule has 3 rings (SSSR count). The Labute approximate surface area is 120 Å². The maximum absolute atomic E-state index is 12.6. The summed E-state index contributed by atoms with van der Waals surface area (Å²) in [6.45, 7) is 6.82. The van der Waals surface area contributed by atoms with Crippen molar-refractivity contribution in [2.75, 3.05) is 6.61 Å². The third-order valence-corrected chi connectivity index (χ3v) is 4.47. The molecule has 0 spiro atoms. The van der Waals surface area contributed by atoms with Gasteiger partial charge >= 0.3 is 0 Å². The van der Waals surface area contributed by atoms with E-state index in [2.05, 4.69) is 25.7 Å². The van der Waals surface area contributed by atoms with Gasteiger partial charge in [0.15, 0.2) is 14.1 Å². The van der Waals surface area contributed by atoms with Crippen molar-refractivity contribution in [3.05, 3.63) is 53.1 Å². The molecule has 0 N–H and O–H groups in total. The van der Waals surface area contributed by atoms with Gasteiger partial charge in [0.25, 0.3) is 0 Å². The third-order valence-electron chi connectivity index (χ3n) is 3.46. The second-order valence-electron chi connectivity index (χ2n) is 6.15. The molecular weight excluding hydrogens is 264 g/mol. The number of hydrogen-bond acceptors (Lipinski definition) is 2. The number of ketones is 1. The molecular formula is C17H18O2Si. The first-order valence-corrected chi connectivity index (χ1v) is 10.3. The maximum atomic E-state index is 12.6. The summed E-state index contributed by atoms with van der Waals surface area (Å²) in [5.74, 6) is 0.104. The lowest BCUT2D eigenvalue weighted by Crippen LogP contribution is -2.28. The van der Waals surface area contributed by atoms with Gasteiger partial charge in [-0.2, -0.15) is 0 Å². The number of benzene rings is 2. The summed E-state index contributed by atoms with van der Waals surface area (Å²) in [6, 6.07) is 12.1. The van der Waals surface area contributed by atoms with Gasteiger partial charge in [-0.1, -0.05) is 36.4 Å². The standard InChI is InChI=1S/C17H18O2Si/c1-20(2,3)19-11-14-10-13-8-4-6-12-7-5-9-15(16(12)13)17(14)18/h4-10H,11H2,1-3H3. The van der Waals surface area contributed by atoms with E-state index in [-0.39, 0.29) is 5.78 Å². The normalized spacial score (nSPS) is 14.6.